The summed E-state index contributed by atoms with van der Waals surface area (Å²) in [5, 5.41) is 3.18. The predicted octanol–water partition coefficient (Wildman–Crippen LogP) is 4.74. The summed E-state index contributed by atoms with van der Waals surface area (Å²) in [6, 6.07) is 11.9. The Kier molecular flexibility index (Phi) is 4.55. The normalized spacial score (nSPS) is 17.0. The van der Waals surface area contributed by atoms with E-state index in [0.29, 0.717) is 17.5 Å². The molecule has 1 atom stereocenters. The molecule has 1 aliphatic heterocycles. The Labute approximate surface area is 154 Å². The summed E-state index contributed by atoms with van der Waals surface area (Å²) >= 11 is 3.32. The number of anilines is 1. The van der Waals surface area contributed by atoms with Gasteiger partial charge in [-0.15, -0.1) is 23.1 Å². The van der Waals surface area contributed by atoms with Crippen molar-refractivity contribution in [3.05, 3.63) is 59.9 Å². The van der Waals surface area contributed by atoms with E-state index in [9.17, 15) is 4.79 Å². The highest BCUT2D eigenvalue weighted by molar-refractivity contribution is 8.00. The third-order valence-electron chi connectivity index (χ3n) is 4.14. The number of hydrogen-bond donors (Lipinski definition) is 0. The van der Waals surface area contributed by atoms with Gasteiger partial charge in [0.2, 0.25) is 0 Å². The predicted molar refractivity (Wildman–Crippen MR) is 103 cm³/mol. The maximum Gasteiger partial charge on any atom is 0.277 e. The number of carbonyl (C=O) groups is 1. The molecule has 6 heteroatoms. The van der Waals surface area contributed by atoms with Crippen molar-refractivity contribution in [2.75, 3.05) is 11.4 Å². The first-order chi connectivity index (χ1) is 12.2. The molecule has 3 heterocycles. The van der Waals surface area contributed by atoms with Gasteiger partial charge in [0.25, 0.3) is 5.91 Å². The number of pyridine rings is 1. The number of aromatic nitrogens is 2. The SMILES string of the molecule is CC1CCN(C(=O)c2csc(-c3ccncc3)n2)c2ccccc2S1. The zero-order valence-electron chi connectivity index (χ0n) is 13.8. The molecule has 0 aliphatic carbocycles. The van der Waals surface area contributed by atoms with Crippen molar-refractivity contribution in [1.82, 2.24) is 9.97 Å². The van der Waals surface area contributed by atoms with Crippen LogP contribution in [0.4, 0.5) is 5.69 Å². The molecule has 4 nitrogen and oxygen atoms in total. The van der Waals surface area contributed by atoms with Gasteiger partial charge in [0.15, 0.2) is 0 Å². The van der Waals surface area contributed by atoms with Crippen LogP contribution in [0, 0.1) is 0 Å². The highest BCUT2D eigenvalue weighted by Crippen LogP contribution is 2.38. The molecular weight excluding hydrogens is 350 g/mol. The Hall–Kier alpha value is -2.18. The Morgan fingerprint density at radius 1 is 1.20 bits per heavy atom. The molecule has 2 aromatic heterocycles. The zero-order chi connectivity index (χ0) is 17.2. The van der Waals surface area contributed by atoms with Crippen molar-refractivity contribution in [3.63, 3.8) is 0 Å². The first kappa shape index (κ1) is 16.3. The van der Waals surface area contributed by atoms with Crippen LogP contribution in [0.25, 0.3) is 10.6 Å². The Bertz CT molecular complexity index is 894. The summed E-state index contributed by atoms with van der Waals surface area (Å²) in [6.07, 6.45) is 4.44. The van der Waals surface area contributed by atoms with Gasteiger partial charge in [-0.2, -0.15) is 0 Å². The zero-order valence-corrected chi connectivity index (χ0v) is 15.4. The van der Waals surface area contributed by atoms with E-state index in [1.54, 1.807) is 12.4 Å². The first-order valence-corrected chi connectivity index (χ1v) is 9.92. The molecule has 1 unspecified atom stereocenters. The van der Waals surface area contributed by atoms with E-state index in [1.165, 1.54) is 11.3 Å². The third kappa shape index (κ3) is 3.32. The fraction of sp³-hybridized carbons (Fsp3) is 0.211. The molecular formula is C19H17N3OS2. The van der Waals surface area contributed by atoms with Crippen LogP contribution in [0.2, 0.25) is 0 Å². The van der Waals surface area contributed by atoms with Crippen molar-refractivity contribution in [1.29, 1.82) is 0 Å². The molecule has 1 amide bonds. The topological polar surface area (TPSA) is 46.1 Å². The van der Waals surface area contributed by atoms with E-state index in [4.69, 9.17) is 0 Å². The lowest BCUT2D eigenvalue weighted by atomic mass is 10.2. The third-order valence-corrected chi connectivity index (χ3v) is 6.27. The quantitative estimate of drug-likeness (QED) is 0.656. The molecule has 0 fully saturated rings. The van der Waals surface area contributed by atoms with Crippen LogP contribution in [0.5, 0.6) is 0 Å². The largest absolute Gasteiger partial charge is 0.306 e. The summed E-state index contributed by atoms with van der Waals surface area (Å²) < 4.78 is 0. The summed E-state index contributed by atoms with van der Waals surface area (Å²) in [5.74, 6) is -0.0290. The van der Waals surface area contributed by atoms with E-state index >= 15 is 0 Å². The number of benzene rings is 1. The van der Waals surface area contributed by atoms with Crippen LogP contribution < -0.4 is 4.90 Å². The Morgan fingerprint density at radius 2 is 2.00 bits per heavy atom. The minimum Gasteiger partial charge on any atom is -0.306 e. The molecule has 0 radical (unpaired) electrons. The molecule has 3 aromatic rings. The van der Waals surface area contributed by atoms with Gasteiger partial charge in [-0.1, -0.05) is 19.1 Å². The fourth-order valence-corrected chi connectivity index (χ4v) is 4.75. The number of hydrogen-bond acceptors (Lipinski definition) is 5. The lowest BCUT2D eigenvalue weighted by molar-refractivity contribution is 0.0982. The molecule has 126 valence electrons. The van der Waals surface area contributed by atoms with Crippen LogP contribution in [0.15, 0.2) is 59.1 Å². The van der Waals surface area contributed by atoms with E-state index in [1.807, 2.05) is 52.4 Å². The first-order valence-electron chi connectivity index (χ1n) is 8.16. The van der Waals surface area contributed by atoms with Gasteiger partial charge in [0.1, 0.15) is 10.7 Å². The minimum atomic E-state index is -0.0290. The average Bonchev–Trinajstić information content (AvgIpc) is 3.07. The van der Waals surface area contributed by atoms with Gasteiger partial charge >= 0.3 is 0 Å². The van der Waals surface area contributed by atoms with Gasteiger partial charge in [0, 0.05) is 40.0 Å². The van der Waals surface area contributed by atoms with Crippen molar-refractivity contribution in [2.24, 2.45) is 0 Å². The van der Waals surface area contributed by atoms with Crippen molar-refractivity contribution >= 4 is 34.7 Å². The second kappa shape index (κ2) is 6.98. The monoisotopic (exact) mass is 367 g/mol. The molecule has 1 aliphatic rings. The molecule has 25 heavy (non-hydrogen) atoms. The number of nitrogens with zero attached hydrogens (tertiary/aromatic N) is 3. The molecule has 0 N–H and O–H groups in total. The van der Waals surface area contributed by atoms with Crippen molar-refractivity contribution in [2.45, 2.75) is 23.5 Å². The number of rotatable bonds is 2. The number of thioether (sulfide) groups is 1. The minimum absolute atomic E-state index is 0.0290. The number of carbonyl (C=O) groups excluding carboxylic acids is 1. The van der Waals surface area contributed by atoms with E-state index in [-0.39, 0.29) is 5.91 Å². The van der Waals surface area contributed by atoms with E-state index in [2.05, 4.69) is 23.0 Å². The second-order valence-corrected chi connectivity index (χ2v) is 8.25. The van der Waals surface area contributed by atoms with Crippen molar-refractivity contribution < 1.29 is 4.79 Å². The molecule has 1 aromatic carbocycles. The molecule has 0 saturated carbocycles. The lowest BCUT2D eigenvalue weighted by Gasteiger charge is -2.21. The van der Waals surface area contributed by atoms with Gasteiger partial charge in [-0.25, -0.2) is 4.98 Å². The van der Waals surface area contributed by atoms with Gasteiger partial charge < -0.3 is 4.90 Å². The average molecular weight is 367 g/mol. The van der Waals surface area contributed by atoms with Gasteiger partial charge in [-0.3, -0.25) is 9.78 Å². The molecule has 4 rings (SSSR count). The number of para-hydroxylation sites is 1. The van der Waals surface area contributed by atoms with Crippen LogP contribution in [0.3, 0.4) is 0 Å². The summed E-state index contributed by atoms with van der Waals surface area (Å²) in [6.45, 7) is 2.92. The summed E-state index contributed by atoms with van der Waals surface area (Å²) in [7, 11) is 0. The second-order valence-electron chi connectivity index (χ2n) is 5.92. The van der Waals surface area contributed by atoms with E-state index < -0.39 is 0 Å². The number of fused-ring (bicyclic) bond motifs is 1. The summed E-state index contributed by atoms with van der Waals surface area (Å²) in [5.41, 5.74) is 2.48. The maximum atomic E-state index is 13.1. The standard InChI is InChI=1S/C19H17N3OS2/c1-13-8-11-22(16-4-2-3-5-17(16)25-13)19(23)15-12-24-18(21-15)14-6-9-20-10-7-14/h2-7,9-10,12-13H,8,11H2,1H3. The van der Waals surface area contributed by atoms with E-state index in [0.717, 1.165) is 27.6 Å². The van der Waals surface area contributed by atoms with Crippen LogP contribution in [0.1, 0.15) is 23.8 Å². The maximum absolute atomic E-state index is 13.1. The summed E-state index contributed by atoms with van der Waals surface area (Å²) in [4.78, 5) is 24.7. The van der Waals surface area contributed by atoms with Crippen molar-refractivity contribution in [3.8, 4) is 10.6 Å². The Morgan fingerprint density at radius 3 is 2.84 bits per heavy atom. The van der Waals surface area contributed by atoms with Crippen LogP contribution in [-0.2, 0) is 0 Å². The Balaban J connectivity index is 1.66. The smallest absolute Gasteiger partial charge is 0.277 e. The number of thiazole rings is 1. The molecule has 0 saturated heterocycles. The molecule has 0 spiro atoms. The van der Waals surface area contributed by atoms with Crippen LogP contribution in [-0.4, -0.2) is 27.7 Å². The highest BCUT2D eigenvalue weighted by Gasteiger charge is 2.26. The number of amides is 1. The lowest BCUT2D eigenvalue weighted by Crippen LogP contribution is -2.32. The molecule has 0 bridgehead atoms. The van der Waals surface area contributed by atoms with Crippen LogP contribution >= 0.6 is 23.1 Å². The van der Waals surface area contributed by atoms with Gasteiger partial charge in [-0.05, 0) is 30.7 Å². The van der Waals surface area contributed by atoms with Gasteiger partial charge in [0.05, 0.1) is 5.69 Å². The fourth-order valence-electron chi connectivity index (χ4n) is 2.84. The highest BCUT2D eigenvalue weighted by atomic mass is 32.2.